The van der Waals surface area contributed by atoms with Crippen LogP contribution >= 0.6 is 0 Å². The first kappa shape index (κ1) is 28.2. The zero-order chi connectivity index (χ0) is 26.4. The molecular formula is C24H35N5O5Si. The molecule has 35 heavy (non-hydrogen) atoms. The number of nitrogens with zero attached hydrogens (tertiary/aromatic N) is 3. The van der Waals surface area contributed by atoms with Crippen molar-refractivity contribution < 1.29 is 23.5 Å². The maximum Gasteiger partial charge on any atom is 0.360 e. The molecule has 190 valence electrons. The molecule has 0 aromatic heterocycles. The van der Waals surface area contributed by atoms with E-state index in [1.807, 2.05) is 6.92 Å². The van der Waals surface area contributed by atoms with E-state index in [1.54, 1.807) is 38.1 Å². The van der Waals surface area contributed by atoms with E-state index in [0.29, 0.717) is 11.3 Å². The number of benzene rings is 1. The molecule has 11 heteroatoms. The van der Waals surface area contributed by atoms with E-state index in [2.05, 4.69) is 36.1 Å². The first-order valence-electron chi connectivity index (χ1n) is 11.9. The summed E-state index contributed by atoms with van der Waals surface area (Å²) in [5.74, 6) is -3.30. The molecule has 1 aliphatic heterocycles. The van der Waals surface area contributed by atoms with E-state index in [-0.39, 0.29) is 18.6 Å². The van der Waals surface area contributed by atoms with Gasteiger partial charge < -0.3 is 14.5 Å². The summed E-state index contributed by atoms with van der Waals surface area (Å²) >= 11 is 0. The van der Waals surface area contributed by atoms with Crippen molar-refractivity contribution in [2.45, 2.75) is 77.9 Å². The minimum atomic E-state index is -1.98. The highest BCUT2D eigenvalue weighted by Crippen LogP contribution is 2.40. The van der Waals surface area contributed by atoms with Crippen molar-refractivity contribution in [3.8, 4) is 0 Å². The Morgan fingerprint density at radius 3 is 2.26 bits per heavy atom. The molecule has 0 spiro atoms. The zero-order valence-electron chi connectivity index (χ0n) is 21.3. The lowest BCUT2D eigenvalue weighted by Gasteiger charge is -2.53. The third kappa shape index (κ3) is 5.98. The first-order chi connectivity index (χ1) is 16.5. The SMILES string of the molecule is CC[Si](CC)(CC)O[C@H](C)[C@H]1C(=O)N[C@]1(C)[C@@H](C)C(=O)C(=N)C(=O)OCc1ccc(N=[N+]=[N-])cc1. The average Bonchev–Trinajstić information content (AvgIpc) is 2.85. The van der Waals surface area contributed by atoms with Gasteiger partial charge in [0.15, 0.2) is 19.8 Å². The lowest BCUT2D eigenvalue weighted by Crippen LogP contribution is -2.75. The number of esters is 1. The van der Waals surface area contributed by atoms with Gasteiger partial charge >= 0.3 is 5.97 Å². The minimum Gasteiger partial charge on any atom is -0.456 e. The smallest absolute Gasteiger partial charge is 0.360 e. The number of β-lactam (4-membered cyclic amide) rings is 1. The van der Waals surface area contributed by atoms with Gasteiger partial charge in [-0.2, -0.15) is 0 Å². The first-order valence-corrected chi connectivity index (χ1v) is 14.4. The molecule has 10 nitrogen and oxygen atoms in total. The molecule has 4 atom stereocenters. The molecule has 0 radical (unpaired) electrons. The quantitative estimate of drug-likeness (QED) is 0.0580. The highest BCUT2D eigenvalue weighted by molar-refractivity contribution is 6.73. The summed E-state index contributed by atoms with van der Waals surface area (Å²) in [7, 11) is -1.98. The Morgan fingerprint density at radius 2 is 1.77 bits per heavy atom. The lowest BCUT2D eigenvalue weighted by molar-refractivity contribution is -0.152. The van der Waals surface area contributed by atoms with Gasteiger partial charge in [-0.1, -0.05) is 57.1 Å². The molecule has 2 N–H and O–H groups in total. The summed E-state index contributed by atoms with van der Waals surface area (Å²) in [5, 5.41) is 14.4. The van der Waals surface area contributed by atoms with Crippen LogP contribution in [0.4, 0.5) is 5.69 Å². The molecule has 0 aliphatic carbocycles. The number of carbonyl (C=O) groups is 3. The summed E-state index contributed by atoms with van der Waals surface area (Å²) in [6.45, 7) is 11.4. The van der Waals surface area contributed by atoms with Crippen molar-refractivity contribution >= 4 is 37.4 Å². The fourth-order valence-corrected chi connectivity index (χ4v) is 7.60. The topological polar surface area (TPSA) is 154 Å². The Kier molecular flexibility index (Phi) is 9.36. The Labute approximate surface area is 207 Å². The third-order valence-electron chi connectivity index (χ3n) is 7.37. The van der Waals surface area contributed by atoms with Crippen molar-refractivity contribution in [3.05, 3.63) is 40.3 Å². The van der Waals surface area contributed by atoms with Crippen LogP contribution in [-0.2, 0) is 30.2 Å². The van der Waals surface area contributed by atoms with Crippen LogP contribution in [-0.4, -0.2) is 43.3 Å². The molecule has 1 heterocycles. The fraction of sp³-hybridized carbons (Fsp3) is 0.583. The van der Waals surface area contributed by atoms with Crippen molar-refractivity contribution in [2.75, 3.05) is 0 Å². The average molecular weight is 502 g/mol. The number of hydrogen-bond donors (Lipinski definition) is 2. The molecule has 2 rings (SSSR count). The highest BCUT2D eigenvalue weighted by Gasteiger charge is 2.58. The summed E-state index contributed by atoms with van der Waals surface area (Å²) < 4.78 is 11.6. The summed E-state index contributed by atoms with van der Waals surface area (Å²) in [5.41, 5.74) is 7.78. The second kappa shape index (κ2) is 11.6. The highest BCUT2D eigenvalue weighted by atomic mass is 28.4. The van der Waals surface area contributed by atoms with Gasteiger partial charge in [-0.25, -0.2) is 4.79 Å². The monoisotopic (exact) mass is 501 g/mol. The number of ketones is 1. The second-order valence-corrected chi connectivity index (χ2v) is 13.9. The number of azide groups is 1. The van der Waals surface area contributed by atoms with Gasteiger partial charge in [0, 0.05) is 16.5 Å². The standard InChI is InChI=1S/C24H35N5O5Si/c1-7-35(8-2,9-3)34-16(5)19-22(31)27-24(19,6)15(4)21(30)20(25)23(32)33-14-17-10-12-18(13-11-17)28-29-26/h10-13,15-16,19,25H,7-9,14H2,1-6H3,(H,27,31)/t15-,16+,19-,24+/m0/s1. The predicted molar refractivity (Wildman–Crippen MR) is 135 cm³/mol. The molecule has 0 unspecified atom stereocenters. The van der Waals surface area contributed by atoms with Crippen molar-refractivity contribution in [2.24, 2.45) is 17.0 Å². The lowest BCUT2D eigenvalue weighted by atomic mass is 9.65. The maximum atomic E-state index is 13.0. The molecule has 1 amide bonds. The molecule has 1 saturated heterocycles. The van der Waals surface area contributed by atoms with E-state index in [1.165, 1.54) is 0 Å². The van der Waals surface area contributed by atoms with Crippen LogP contribution in [0, 0.1) is 17.2 Å². The van der Waals surface area contributed by atoms with Gasteiger partial charge in [0.25, 0.3) is 0 Å². The largest absolute Gasteiger partial charge is 0.456 e. The normalized spacial score (nSPS) is 21.1. The van der Waals surface area contributed by atoms with Gasteiger partial charge in [0.05, 0.1) is 17.6 Å². The van der Waals surface area contributed by atoms with Crippen LogP contribution in [0.2, 0.25) is 18.1 Å². The minimum absolute atomic E-state index is 0.140. The van der Waals surface area contributed by atoms with Crippen LogP contribution in [0.5, 0.6) is 0 Å². The van der Waals surface area contributed by atoms with Crippen LogP contribution in [0.3, 0.4) is 0 Å². The Morgan fingerprint density at radius 1 is 1.20 bits per heavy atom. The Bertz CT molecular complexity index is 1010. The van der Waals surface area contributed by atoms with E-state index in [9.17, 15) is 14.4 Å². The number of rotatable bonds is 13. The number of hydrogen-bond acceptors (Lipinski definition) is 7. The number of amides is 1. The summed E-state index contributed by atoms with van der Waals surface area (Å²) in [6.07, 6.45) is -0.384. The van der Waals surface area contributed by atoms with E-state index in [4.69, 9.17) is 20.1 Å². The molecule has 1 fully saturated rings. The molecule has 1 aromatic carbocycles. The molecular weight excluding hydrogens is 466 g/mol. The zero-order valence-corrected chi connectivity index (χ0v) is 22.3. The Balaban J connectivity index is 2.06. The van der Waals surface area contributed by atoms with Crippen molar-refractivity contribution in [3.63, 3.8) is 0 Å². The van der Waals surface area contributed by atoms with Gasteiger partial charge in [-0.3, -0.25) is 15.0 Å². The summed E-state index contributed by atoms with van der Waals surface area (Å²) in [6, 6.07) is 9.19. The predicted octanol–water partition coefficient (Wildman–Crippen LogP) is 4.81. The van der Waals surface area contributed by atoms with E-state index in [0.717, 1.165) is 18.1 Å². The molecule has 1 aromatic rings. The Hall–Kier alpha value is -3.01. The van der Waals surface area contributed by atoms with Crippen LogP contribution in [0.1, 0.15) is 47.1 Å². The molecule has 0 saturated carbocycles. The van der Waals surface area contributed by atoms with Gasteiger partial charge in [-0.15, -0.1) is 0 Å². The second-order valence-electron chi connectivity index (χ2n) is 9.21. The molecule has 0 bridgehead atoms. The van der Waals surface area contributed by atoms with Crippen molar-refractivity contribution in [1.82, 2.24) is 5.32 Å². The van der Waals surface area contributed by atoms with Crippen molar-refractivity contribution in [1.29, 1.82) is 5.41 Å². The van der Waals surface area contributed by atoms with Crippen LogP contribution < -0.4 is 5.32 Å². The maximum absolute atomic E-state index is 13.0. The fourth-order valence-electron chi connectivity index (χ4n) is 4.68. The third-order valence-corrected chi connectivity index (χ3v) is 12.1. The summed E-state index contributed by atoms with van der Waals surface area (Å²) in [4.78, 5) is 40.7. The van der Waals surface area contributed by atoms with E-state index >= 15 is 0 Å². The number of nitrogens with one attached hydrogen (secondary N) is 2. The molecule has 1 aliphatic rings. The van der Waals surface area contributed by atoms with Gasteiger partial charge in [0.2, 0.25) is 5.91 Å². The van der Waals surface area contributed by atoms with E-state index < -0.39 is 43.2 Å². The van der Waals surface area contributed by atoms with Crippen LogP contribution in [0.25, 0.3) is 10.4 Å². The van der Waals surface area contributed by atoms with Gasteiger partial charge in [-0.05, 0) is 43.1 Å². The van der Waals surface area contributed by atoms with Crippen LogP contribution in [0.15, 0.2) is 29.4 Å². The van der Waals surface area contributed by atoms with Gasteiger partial charge in [0.1, 0.15) is 6.61 Å². The number of carbonyl (C=O) groups excluding carboxylic acids is 3. The number of ether oxygens (including phenoxy) is 1. The number of Topliss-reactive ketones (excluding diaryl/α,β-unsaturated/α-hetero) is 1.